The third-order valence-electron chi connectivity index (χ3n) is 6.00. The fourth-order valence-electron chi connectivity index (χ4n) is 4.26. The Balaban J connectivity index is 0.000000568. The maximum absolute atomic E-state index is 9.10. The average molecular weight is 507 g/mol. The molecular formula is C29H34N2O6. The van der Waals surface area contributed by atoms with E-state index in [1.807, 2.05) is 31.2 Å². The van der Waals surface area contributed by atoms with Crippen LogP contribution in [-0.4, -0.2) is 77.9 Å². The van der Waals surface area contributed by atoms with Gasteiger partial charge in [0.1, 0.15) is 6.61 Å². The first-order valence-corrected chi connectivity index (χ1v) is 12.4. The summed E-state index contributed by atoms with van der Waals surface area (Å²) in [7, 11) is 0. The Morgan fingerprint density at radius 3 is 1.65 bits per heavy atom. The summed E-state index contributed by atoms with van der Waals surface area (Å²) in [5.41, 5.74) is 2.72. The summed E-state index contributed by atoms with van der Waals surface area (Å²) in [5, 5.41) is 14.8. The van der Waals surface area contributed by atoms with Gasteiger partial charge in [0.15, 0.2) is 11.5 Å². The lowest BCUT2D eigenvalue weighted by Crippen LogP contribution is -2.48. The van der Waals surface area contributed by atoms with Gasteiger partial charge >= 0.3 is 11.9 Å². The summed E-state index contributed by atoms with van der Waals surface area (Å²) >= 11 is 0. The largest absolute Gasteiger partial charge is 0.490 e. The fourth-order valence-corrected chi connectivity index (χ4v) is 4.26. The van der Waals surface area contributed by atoms with Crippen molar-refractivity contribution in [3.05, 3.63) is 96.1 Å². The number of piperazine rings is 1. The average Bonchev–Trinajstić information content (AvgIpc) is 2.92. The number of carboxylic acid groups (broad SMARTS) is 2. The third-order valence-corrected chi connectivity index (χ3v) is 6.00. The van der Waals surface area contributed by atoms with Crippen molar-refractivity contribution in [2.75, 3.05) is 45.9 Å². The highest BCUT2D eigenvalue weighted by molar-refractivity contribution is 6.27. The Hall–Kier alpha value is -3.88. The molecule has 3 aromatic rings. The second-order valence-corrected chi connectivity index (χ2v) is 8.44. The molecule has 1 aliphatic heterocycles. The van der Waals surface area contributed by atoms with Crippen LogP contribution in [-0.2, 0) is 9.59 Å². The molecule has 0 spiro atoms. The Kier molecular flexibility index (Phi) is 10.9. The number of hydrogen-bond acceptors (Lipinski definition) is 6. The summed E-state index contributed by atoms with van der Waals surface area (Å²) < 4.78 is 11.7. The van der Waals surface area contributed by atoms with Crippen LogP contribution in [0.3, 0.4) is 0 Å². The van der Waals surface area contributed by atoms with Crippen molar-refractivity contribution < 1.29 is 29.3 Å². The van der Waals surface area contributed by atoms with E-state index < -0.39 is 11.9 Å². The maximum atomic E-state index is 9.10. The van der Waals surface area contributed by atoms with Gasteiger partial charge in [-0.05, 0) is 30.2 Å². The topological polar surface area (TPSA) is 99.5 Å². The number of benzene rings is 3. The normalized spacial score (nSPS) is 13.9. The Labute approximate surface area is 217 Å². The van der Waals surface area contributed by atoms with E-state index in [9.17, 15) is 0 Å². The smallest absolute Gasteiger partial charge is 0.414 e. The number of carbonyl (C=O) groups is 2. The van der Waals surface area contributed by atoms with Crippen molar-refractivity contribution in [3.63, 3.8) is 0 Å². The molecule has 0 aliphatic carbocycles. The highest BCUT2D eigenvalue weighted by Crippen LogP contribution is 2.29. The quantitative estimate of drug-likeness (QED) is 0.420. The van der Waals surface area contributed by atoms with E-state index in [0.29, 0.717) is 19.3 Å². The minimum absolute atomic E-state index is 0.305. The van der Waals surface area contributed by atoms with Gasteiger partial charge < -0.3 is 19.7 Å². The standard InChI is InChI=1S/C27H32N2O2.C2H2O4/c1-2-30-25-15-9-10-16-26(25)31-22-21-28-17-19-29(20-18-28)27(23-11-5-3-6-12-23)24-13-7-4-8-14-24;3-1(4)2(5)6/h3-16,27H,2,17-22H2,1H3;(H,3,4)(H,5,6). The monoisotopic (exact) mass is 506 g/mol. The molecule has 1 heterocycles. The number of aliphatic carboxylic acids is 2. The van der Waals surface area contributed by atoms with E-state index in [1.54, 1.807) is 0 Å². The van der Waals surface area contributed by atoms with Gasteiger partial charge in [-0.25, -0.2) is 9.59 Å². The van der Waals surface area contributed by atoms with Crippen LogP contribution in [0.25, 0.3) is 0 Å². The zero-order valence-electron chi connectivity index (χ0n) is 21.0. The summed E-state index contributed by atoms with van der Waals surface area (Å²) in [6.07, 6.45) is 0. The minimum atomic E-state index is -1.82. The number of nitrogens with zero attached hydrogens (tertiary/aromatic N) is 2. The molecule has 0 saturated carbocycles. The van der Waals surface area contributed by atoms with Crippen LogP contribution < -0.4 is 9.47 Å². The molecule has 0 radical (unpaired) electrons. The SMILES string of the molecule is CCOc1ccccc1OCCN1CCN(C(c2ccccc2)c2ccccc2)CC1.O=C(O)C(=O)O. The molecular weight excluding hydrogens is 472 g/mol. The molecule has 8 nitrogen and oxygen atoms in total. The lowest BCUT2D eigenvalue weighted by Gasteiger charge is -2.39. The Bertz CT molecular complexity index is 1050. The summed E-state index contributed by atoms with van der Waals surface area (Å²) in [6.45, 7) is 8.43. The van der Waals surface area contributed by atoms with Crippen molar-refractivity contribution >= 4 is 11.9 Å². The van der Waals surface area contributed by atoms with Crippen LogP contribution in [0.2, 0.25) is 0 Å². The summed E-state index contributed by atoms with van der Waals surface area (Å²) in [6, 6.07) is 29.9. The number of carboxylic acids is 2. The van der Waals surface area contributed by atoms with E-state index in [0.717, 1.165) is 44.2 Å². The first-order chi connectivity index (χ1) is 18.0. The van der Waals surface area contributed by atoms with Crippen LogP contribution in [0.5, 0.6) is 11.5 Å². The van der Waals surface area contributed by atoms with Crippen LogP contribution in [0.1, 0.15) is 24.1 Å². The molecule has 196 valence electrons. The summed E-state index contributed by atoms with van der Waals surface area (Å²) in [5.74, 6) is -2.00. The first kappa shape index (κ1) is 27.7. The van der Waals surface area contributed by atoms with Crippen LogP contribution in [0.4, 0.5) is 0 Å². The molecule has 8 heteroatoms. The van der Waals surface area contributed by atoms with Gasteiger partial charge in [-0.3, -0.25) is 9.80 Å². The molecule has 37 heavy (non-hydrogen) atoms. The second kappa shape index (κ2) is 14.6. The highest BCUT2D eigenvalue weighted by atomic mass is 16.5. The molecule has 0 amide bonds. The number of rotatable bonds is 9. The van der Waals surface area contributed by atoms with Gasteiger partial charge in [-0.1, -0.05) is 72.8 Å². The zero-order valence-corrected chi connectivity index (χ0v) is 21.0. The van der Waals surface area contributed by atoms with Gasteiger partial charge in [0.25, 0.3) is 0 Å². The lowest BCUT2D eigenvalue weighted by molar-refractivity contribution is -0.159. The predicted molar refractivity (Wildman–Crippen MR) is 141 cm³/mol. The Morgan fingerprint density at radius 2 is 1.19 bits per heavy atom. The van der Waals surface area contributed by atoms with Crippen molar-refractivity contribution in [3.8, 4) is 11.5 Å². The third kappa shape index (κ3) is 8.63. The zero-order chi connectivity index (χ0) is 26.5. The fraction of sp³-hybridized carbons (Fsp3) is 0.310. The summed E-state index contributed by atoms with van der Waals surface area (Å²) in [4.78, 5) is 23.3. The number of ether oxygens (including phenoxy) is 2. The van der Waals surface area contributed by atoms with E-state index >= 15 is 0 Å². The molecule has 0 atom stereocenters. The van der Waals surface area contributed by atoms with Gasteiger partial charge in [-0.2, -0.15) is 0 Å². The van der Waals surface area contributed by atoms with Crippen molar-refractivity contribution in [2.24, 2.45) is 0 Å². The van der Waals surface area contributed by atoms with Gasteiger partial charge in [0, 0.05) is 32.7 Å². The first-order valence-electron chi connectivity index (χ1n) is 12.4. The molecule has 1 aliphatic rings. The molecule has 2 N–H and O–H groups in total. The van der Waals surface area contributed by atoms with E-state index in [1.165, 1.54) is 11.1 Å². The molecule has 4 rings (SSSR count). The van der Waals surface area contributed by atoms with Crippen LogP contribution >= 0.6 is 0 Å². The molecule has 0 aromatic heterocycles. The second-order valence-electron chi connectivity index (χ2n) is 8.44. The predicted octanol–water partition coefficient (Wildman–Crippen LogP) is 4.03. The van der Waals surface area contributed by atoms with E-state index in [2.05, 4.69) is 70.5 Å². The molecule has 3 aromatic carbocycles. The number of hydrogen-bond donors (Lipinski definition) is 2. The lowest BCUT2D eigenvalue weighted by atomic mass is 9.96. The van der Waals surface area contributed by atoms with Crippen molar-refractivity contribution in [2.45, 2.75) is 13.0 Å². The Morgan fingerprint density at radius 1 is 0.730 bits per heavy atom. The number of para-hydroxylation sites is 2. The molecule has 0 unspecified atom stereocenters. The molecule has 1 saturated heterocycles. The van der Waals surface area contributed by atoms with Gasteiger partial charge in [0.2, 0.25) is 0 Å². The molecule has 1 fully saturated rings. The van der Waals surface area contributed by atoms with E-state index in [4.69, 9.17) is 29.3 Å². The molecule has 0 bridgehead atoms. The van der Waals surface area contributed by atoms with Crippen molar-refractivity contribution in [1.82, 2.24) is 9.80 Å². The van der Waals surface area contributed by atoms with Gasteiger partial charge in [-0.15, -0.1) is 0 Å². The highest BCUT2D eigenvalue weighted by Gasteiger charge is 2.26. The minimum Gasteiger partial charge on any atom is -0.490 e. The van der Waals surface area contributed by atoms with Crippen LogP contribution in [0, 0.1) is 0 Å². The van der Waals surface area contributed by atoms with Crippen molar-refractivity contribution in [1.29, 1.82) is 0 Å². The van der Waals surface area contributed by atoms with Gasteiger partial charge in [0.05, 0.1) is 12.6 Å². The van der Waals surface area contributed by atoms with Crippen LogP contribution in [0.15, 0.2) is 84.9 Å². The maximum Gasteiger partial charge on any atom is 0.414 e. The van der Waals surface area contributed by atoms with E-state index in [-0.39, 0.29) is 0 Å².